The van der Waals surface area contributed by atoms with Gasteiger partial charge in [0.25, 0.3) is 0 Å². The molecule has 0 fully saturated rings. The highest BCUT2D eigenvalue weighted by molar-refractivity contribution is 7.79. The first-order valence-corrected chi connectivity index (χ1v) is 5.01. The van der Waals surface area contributed by atoms with Crippen molar-refractivity contribution in [3.63, 3.8) is 0 Å². The molecule has 1 aromatic carbocycles. The molecule has 1 aliphatic rings. The molecule has 1 unspecified atom stereocenters. The molecule has 1 atom stereocenters. The van der Waals surface area contributed by atoms with E-state index < -0.39 is 0 Å². The van der Waals surface area contributed by atoms with Crippen LogP contribution in [0.25, 0.3) is 0 Å². The van der Waals surface area contributed by atoms with E-state index in [4.69, 9.17) is 12.2 Å². The molecular formula is C11H12N2S. The predicted octanol–water partition coefficient (Wildman–Crippen LogP) is 2.20. The molecule has 3 heteroatoms. The van der Waals surface area contributed by atoms with E-state index in [0.29, 0.717) is 0 Å². The molecule has 0 aromatic heterocycles. The van der Waals surface area contributed by atoms with Gasteiger partial charge in [-0.15, -0.1) is 0 Å². The standard InChI is InChI=1S/C11H12N2S/c1-9-2-4-10(5-3-9)13-7-6-12-11(13)8-14/h2-8,11-12H,1H3. The second-order valence-corrected chi connectivity index (χ2v) is 3.58. The van der Waals surface area contributed by atoms with Crippen LogP contribution in [0.3, 0.4) is 0 Å². The maximum atomic E-state index is 4.95. The van der Waals surface area contributed by atoms with Crippen LogP contribution in [0.5, 0.6) is 0 Å². The number of nitrogens with zero attached hydrogens (tertiary/aromatic N) is 1. The molecule has 0 radical (unpaired) electrons. The van der Waals surface area contributed by atoms with Gasteiger partial charge in [0, 0.05) is 23.5 Å². The fourth-order valence-electron chi connectivity index (χ4n) is 1.46. The summed E-state index contributed by atoms with van der Waals surface area (Å²) in [7, 11) is 0. The van der Waals surface area contributed by atoms with Crippen LogP contribution >= 0.6 is 12.2 Å². The van der Waals surface area contributed by atoms with Crippen LogP contribution in [-0.2, 0) is 0 Å². The Balaban J connectivity index is 2.26. The van der Waals surface area contributed by atoms with Gasteiger partial charge in [-0.3, -0.25) is 0 Å². The highest BCUT2D eigenvalue weighted by Crippen LogP contribution is 2.19. The summed E-state index contributed by atoms with van der Waals surface area (Å²) in [6, 6.07) is 8.39. The Morgan fingerprint density at radius 3 is 2.71 bits per heavy atom. The normalized spacial score (nSPS) is 19.5. The molecule has 2 rings (SSSR count). The van der Waals surface area contributed by atoms with E-state index >= 15 is 0 Å². The quantitative estimate of drug-likeness (QED) is 0.743. The van der Waals surface area contributed by atoms with E-state index in [0.717, 1.165) is 5.69 Å². The van der Waals surface area contributed by atoms with Crippen molar-refractivity contribution in [3.05, 3.63) is 42.2 Å². The van der Waals surface area contributed by atoms with Gasteiger partial charge < -0.3 is 10.2 Å². The average molecular weight is 204 g/mol. The van der Waals surface area contributed by atoms with Gasteiger partial charge in [0.1, 0.15) is 6.17 Å². The predicted molar refractivity (Wildman–Crippen MR) is 63.4 cm³/mol. The molecule has 1 aliphatic heterocycles. The van der Waals surface area contributed by atoms with E-state index in [-0.39, 0.29) is 6.17 Å². The molecule has 1 aromatic rings. The number of benzene rings is 1. The monoisotopic (exact) mass is 204 g/mol. The summed E-state index contributed by atoms with van der Waals surface area (Å²) in [6.07, 6.45) is 4.01. The zero-order valence-corrected chi connectivity index (χ0v) is 8.79. The molecule has 14 heavy (non-hydrogen) atoms. The van der Waals surface area contributed by atoms with Crippen LogP contribution in [0.1, 0.15) is 5.56 Å². The topological polar surface area (TPSA) is 15.3 Å². The molecule has 0 bridgehead atoms. The van der Waals surface area contributed by atoms with Crippen LogP contribution in [0.15, 0.2) is 36.7 Å². The zero-order valence-electron chi connectivity index (χ0n) is 7.97. The first kappa shape index (κ1) is 9.21. The Morgan fingerprint density at radius 1 is 1.36 bits per heavy atom. The van der Waals surface area contributed by atoms with Crippen molar-refractivity contribution >= 4 is 23.3 Å². The Labute approximate surface area is 89.2 Å². The van der Waals surface area contributed by atoms with Crippen molar-refractivity contribution in [2.45, 2.75) is 13.1 Å². The number of aryl methyl sites for hydroxylation is 1. The summed E-state index contributed by atoms with van der Waals surface area (Å²) in [5, 5.41) is 4.88. The number of rotatable bonds is 2. The van der Waals surface area contributed by atoms with E-state index in [2.05, 4.69) is 41.4 Å². The molecule has 2 nitrogen and oxygen atoms in total. The number of thiocarbonyl (C=S) groups is 1. The van der Waals surface area contributed by atoms with Gasteiger partial charge in [-0.1, -0.05) is 29.9 Å². The van der Waals surface area contributed by atoms with Crippen LogP contribution < -0.4 is 10.2 Å². The molecule has 0 aliphatic carbocycles. The summed E-state index contributed by atoms with van der Waals surface area (Å²) in [5.74, 6) is 0. The molecular weight excluding hydrogens is 192 g/mol. The molecule has 72 valence electrons. The summed E-state index contributed by atoms with van der Waals surface area (Å²) in [6.45, 7) is 2.08. The Morgan fingerprint density at radius 2 is 2.07 bits per heavy atom. The molecule has 1 N–H and O–H groups in total. The number of hydrogen-bond acceptors (Lipinski definition) is 3. The van der Waals surface area contributed by atoms with Gasteiger partial charge in [-0.2, -0.15) is 0 Å². The molecule has 0 saturated heterocycles. The van der Waals surface area contributed by atoms with Crippen molar-refractivity contribution < 1.29 is 0 Å². The van der Waals surface area contributed by atoms with Crippen LogP contribution in [0, 0.1) is 6.92 Å². The van der Waals surface area contributed by atoms with Gasteiger partial charge in [0.05, 0.1) is 0 Å². The van der Waals surface area contributed by atoms with Crippen molar-refractivity contribution in [1.29, 1.82) is 0 Å². The van der Waals surface area contributed by atoms with Crippen LogP contribution in [0.4, 0.5) is 5.69 Å². The minimum atomic E-state index is 0.104. The summed E-state index contributed by atoms with van der Waals surface area (Å²) in [5.41, 5.74) is 2.42. The van der Waals surface area contributed by atoms with Gasteiger partial charge >= 0.3 is 0 Å². The van der Waals surface area contributed by atoms with E-state index in [1.807, 2.05) is 12.4 Å². The van der Waals surface area contributed by atoms with E-state index in [1.54, 1.807) is 5.37 Å². The fraction of sp³-hybridized carbons (Fsp3) is 0.182. The largest absolute Gasteiger partial charge is 0.366 e. The lowest BCUT2D eigenvalue weighted by atomic mass is 10.2. The Bertz CT molecular complexity index is 356. The molecule has 0 saturated carbocycles. The van der Waals surface area contributed by atoms with Crippen molar-refractivity contribution in [2.75, 3.05) is 4.90 Å². The van der Waals surface area contributed by atoms with Gasteiger partial charge in [0.15, 0.2) is 0 Å². The SMILES string of the molecule is Cc1ccc(N2C=CNC2C=S)cc1. The van der Waals surface area contributed by atoms with Crippen LogP contribution in [-0.4, -0.2) is 11.5 Å². The number of nitrogens with one attached hydrogen (secondary N) is 1. The second-order valence-electron chi connectivity index (χ2n) is 3.31. The van der Waals surface area contributed by atoms with Crippen molar-refractivity contribution in [2.24, 2.45) is 0 Å². The maximum absolute atomic E-state index is 4.95. The first-order valence-electron chi connectivity index (χ1n) is 4.54. The first-order chi connectivity index (χ1) is 6.81. The molecule has 1 heterocycles. The highest BCUT2D eigenvalue weighted by atomic mass is 32.1. The van der Waals surface area contributed by atoms with Gasteiger partial charge in [-0.05, 0) is 19.1 Å². The van der Waals surface area contributed by atoms with Crippen molar-refractivity contribution in [3.8, 4) is 0 Å². The highest BCUT2D eigenvalue weighted by Gasteiger charge is 2.16. The smallest absolute Gasteiger partial charge is 0.132 e. The number of anilines is 1. The number of hydrogen-bond donors (Lipinski definition) is 1. The van der Waals surface area contributed by atoms with E-state index in [9.17, 15) is 0 Å². The Kier molecular flexibility index (Phi) is 2.50. The zero-order chi connectivity index (χ0) is 9.97. The van der Waals surface area contributed by atoms with Gasteiger partial charge in [-0.25, -0.2) is 0 Å². The Hall–Kier alpha value is -1.35. The molecule has 0 spiro atoms. The molecule has 0 amide bonds. The summed E-state index contributed by atoms with van der Waals surface area (Å²) < 4.78 is 0. The second kappa shape index (κ2) is 3.80. The lowest BCUT2D eigenvalue weighted by Crippen LogP contribution is -2.35. The van der Waals surface area contributed by atoms with E-state index in [1.165, 1.54) is 5.56 Å². The average Bonchev–Trinajstić information content (AvgIpc) is 2.67. The van der Waals surface area contributed by atoms with Crippen LogP contribution in [0.2, 0.25) is 0 Å². The van der Waals surface area contributed by atoms with Crippen molar-refractivity contribution in [1.82, 2.24) is 5.32 Å². The summed E-state index contributed by atoms with van der Waals surface area (Å²) >= 11 is 4.95. The minimum absolute atomic E-state index is 0.104. The maximum Gasteiger partial charge on any atom is 0.132 e. The third kappa shape index (κ3) is 1.63. The summed E-state index contributed by atoms with van der Waals surface area (Å²) in [4.78, 5) is 2.10. The fourth-order valence-corrected chi connectivity index (χ4v) is 1.67. The third-order valence-corrected chi connectivity index (χ3v) is 2.52. The third-order valence-electron chi connectivity index (χ3n) is 2.26. The lowest BCUT2D eigenvalue weighted by molar-refractivity contribution is 0.808. The van der Waals surface area contributed by atoms with Gasteiger partial charge in [0.2, 0.25) is 0 Å². The minimum Gasteiger partial charge on any atom is -0.366 e. The lowest BCUT2D eigenvalue weighted by Gasteiger charge is -2.22.